The molecule has 1 N–H and O–H groups in total. The fraction of sp³-hybridized carbons (Fsp3) is 0.429. The molecule has 0 saturated carbocycles. The molecule has 1 atom stereocenters. The van der Waals surface area contributed by atoms with Gasteiger partial charge in [-0.05, 0) is 23.6 Å². The number of amides is 1. The number of methoxy groups -OCH3 is 1. The number of carbonyl (C=O) groups is 1. The van der Waals surface area contributed by atoms with Gasteiger partial charge in [0.25, 0.3) is 5.91 Å². The lowest BCUT2D eigenvalue weighted by molar-refractivity contribution is -0.123. The van der Waals surface area contributed by atoms with E-state index in [4.69, 9.17) is 16.3 Å². The lowest BCUT2D eigenvalue weighted by Crippen LogP contribution is -2.46. The summed E-state index contributed by atoms with van der Waals surface area (Å²) >= 11 is 5.94. The zero-order chi connectivity index (χ0) is 15.6. The Balaban J connectivity index is 2.33. The number of halogens is 1. The van der Waals surface area contributed by atoms with Gasteiger partial charge in [0.15, 0.2) is 6.04 Å². The van der Waals surface area contributed by atoms with Crippen LogP contribution in [0.1, 0.15) is 20.8 Å². The standard InChI is InChI=1S/C14H17ClN4O2/c1-14(2,3)11-12(20)17-13(19-18-11)16-9-7-8(15)5-6-10(9)21-4/h5-7,11H,1-4H3,(H,16,17,20). The van der Waals surface area contributed by atoms with Crippen LogP contribution in [-0.2, 0) is 4.79 Å². The Kier molecular flexibility index (Phi) is 4.27. The normalized spacial score (nSPS) is 20.5. The van der Waals surface area contributed by atoms with Gasteiger partial charge in [-0.3, -0.25) is 10.1 Å². The number of hydrogen-bond acceptors (Lipinski definition) is 4. The number of carbonyl (C=O) groups excluding carboxylic acids is 1. The van der Waals surface area contributed by atoms with Gasteiger partial charge >= 0.3 is 0 Å². The van der Waals surface area contributed by atoms with Crippen molar-refractivity contribution in [2.45, 2.75) is 26.8 Å². The topological polar surface area (TPSA) is 75.4 Å². The first-order valence-electron chi connectivity index (χ1n) is 6.45. The summed E-state index contributed by atoms with van der Waals surface area (Å²) in [6.45, 7) is 5.79. The number of guanidine groups is 1. The third kappa shape index (κ3) is 3.58. The molecule has 112 valence electrons. The van der Waals surface area contributed by atoms with Crippen LogP contribution in [0.15, 0.2) is 33.4 Å². The molecule has 1 aliphatic heterocycles. The molecule has 1 aromatic carbocycles. The van der Waals surface area contributed by atoms with E-state index in [0.29, 0.717) is 16.5 Å². The van der Waals surface area contributed by atoms with Gasteiger partial charge in [0.1, 0.15) is 11.4 Å². The van der Waals surface area contributed by atoms with Gasteiger partial charge in [0.2, 0.25) is 5.96 Å². The highest BCUT2D eigenvalue weighted by atomic mass is 35.5. The fourth-order valence-corrected chi connectivity index (χ4v) is 2.02. The first kappa shape index (κ1) is 15.4. The van der Waals surface area contributed by atoms with Crippen molar-refractivity contribution in [3.63, 3.8) is 0 Å². The molecular weight excluding hydrogens is 292 g/mol. The lowest BCUT2D eigenvalue weighted by atomic mass is 9.86. The van der Waals surface area contributed by atoms with E-state index in [1.165, 1.54) is 7.11 Å². The molecule has 21 heavy (non-hydrogen) atoms. The molecule has 0 aromatic heterocycles. The average molecular weight is 309 g/mol. The van der Waals surface area contributed by atoms with Crippen molar-refractivity contribution in [1.82, 2.24) is 5.32 Å². The highest BCUT2D eigenvalue weighted by Crippen LogP contribution is 2.31. The number of benzene rings is 1. The first-order valence-corrected chi connectivity index (χ1v) is 6.83. The number of ether oxygens (including phenoxy) is 1. The third-order valence-corrected chi connectivity index (χ3v) is 3.17. The smallest absolute Gasteiger partial charge is 0.254 e. The van der Waals surface area contributed by atoms with Crippen LogP contribution >= 0.6 is 11.6 Å². The van der Waals surface area contributed by atoms with Gasteiger partial charge < -0.3 is 4.74 Å². The maximum Gasteiger partial charge on any atom is 0.254 e. The Bertz CT molecular complexity index is 620. The van der Waals surface area contributed by atoms with E-state index in [2.05, 4.69) is 20.5 Å². The minimum Gasteiger partial charge on any atom is -0.494 e. The zero-order valence-electron chi connectivity index (χ0n) is 12.3. The molecule has 0 spiro atoms. The summed E-state index contributed by atoms with van der Waals surface area (Å²) < 4.78 is 5.19. The van der Waals surface area contributed by atoms with Crippen LogP contribution < -0.4 is 10.1 Å². The van der Waals surface area contributed by atoms with Gasteiger partial charge in [-0.2, -0.15) is 5.11 Å². The van der Waals surface area contributed by atoms with Crippen molar-refractivity contribution in [2.75, 3.05) is 7.11 Å². The molecule has 6 nitrogen and oxygen atoms in total. The summed E-state index contributed by atoms with van der Waals surface area (Å²) in [5, 5.41) is 11.2. The van der Waals surface area contributed by atoms with E-state index in [1.54, 1.807) is 18.2 Å². The average Bonchev–Trinajstić information content (AvgIpc) is 2.37. The van der Waals surface area contributed by atoms with Crippen LogP contribution in [0.3, 0.4) is 0 Å². The number of hydrogen-bond donors (Lipinski definition) is 1. The number of rotatable bonds is 2. The maximum absolute atomic E-state index is 12.1. The Labute approximate surface area is 128 Å². The zero-order valence-corrected chi connectivity index (χ0v) is 13.1. The molecule has 1 unspecified atom stereocenters. The second-order valence-corrected chi connectivity index (χ2v) is 6.16. The molecule has 0 bridgehead atoms. The third-order valence-electron chi connectivity index (χ3n) is 2.94. The number of azo groups is 1. The van der Waals surface area contributed by atoms with Crippen molar-refractivity contribution in [3.05, 3.63) is 23.2 Å². The number of nitrogens with one attached hydrogen (secondary N) is 1. The van der Waals surface area contributed by atoms with E-state index in [1.807, 2.05) is 20.8 Å². The van der Waals surface area contributed by atoms with Crippen molar-refractivity contribution in [1.29, 1.82) is 0 Å². The quantitative estimate of drug-likeness (QED) is 0.909. The second kappa shape index (κ2) is 5.81. The van der Waals surface area contributed by atoms with Crippen molar-refractivity contribution >= 4 is 29.2 Å². The Morgan fingerprint density at radius 2 is 2.10 bits per heavy atom. The Morgan fingerprint density at radius 3 is 2.67 bits per heavy atom. The molecule has 0 aliphatic carbocycles. The molecule has 0 fully saturated rings. The van der Waals surface area contributed by atoms with Crippen LogP contribution in [0.5, 0.6) is 5.75 Å². The molecule has 0 saturated heterocycles. The Morgan fingerprint density at radius 1 is 1.38 bits per heavy atom. The van der Waals surface area contributed by atoms with Crippen LogP contribution in [0.25, 0.3) is 0 Å². The molecule has 1 amide bonds. The van der Waals surface area contributed by atoms with E-state index < -0.39 is 6.04 Å². The summed E-state index contributed by atoms with van der Waals surface area (Å²) in [6.07, 6.45) is 0. The molecule has 0 radical (unpaired) electrons. The molecule has 7 heteroatoms. The van der Waals surface area contributed by atoms with Crippen molar-refractivity contribution in [3.8, 4) is 5.75 Å². The van der Waals surface area contributed by atoms with Crippen molar-refractivity contribution in [2.24, 2.45) is 20.6 Å². The minimum absolute atomic E-state index is 0.126. The van der Waals surface area contributed by atoms with Gasteiger partial charge in [-0.15, -0.1) is 5.11 Å². The summed E-state index contributed by atoms with van der Waals surface area (Å²) in [5.41, 5.74) is 0.181. The van der Waals surface area contributed by atoms with E-state index in [9.17, 15) is 4.79 Å². The highest BCUT2D eigenvalue weighted by Gasteiger charge is 2.34. The van der Waals surface area contributed by atoms with E-state index in [-0.39, 0.29) is 17.3 Å². The van der Waals surface area contributed by atoms with Crippen molar-refractivity contribution < 1.29 is 9.53 Å². The predicted octanol–water partition coefficient (Wildman–Crippen LogP) is 3.33. The Hall–Kier alpha value is -1.95. The molecule has 2 rings (SSSR count). The summed E-state index contributed by atoms with van der Waals surface area (Å²) in [6, 6.07) is 4.49. The summed E-state index contributed by atoms with van der Waals surface area (Å²) in [7, 11) is 1.53. The molecule has 1 heterocycles. The number of aliphatic imine (C=N–C) groups is 1. The van der Waals surface area contributed by atoms with Gasteiger partial charge in [0, 0.05) is 5.02 Å². The fourth-order valence-electron chi connectivity index (χ4n) is 1.85. The second-order valence-electron chi connectivity index (χ2n) is 5.72. The van der Waals surface area contributed by atoms with Crippen LogP contribution in [0, 0.1) is 5.41 Å². The summed E-state index contributed by atoms with van der Waals surface area (Å²) in [4.78, 5) is 16.3. The monoisotopic (exact) mass is 308 g/mol. The SMILES string of the molecule is COc1ccc(Cl)cc1N=C1N=NC(C(C)(C)C)C(=O)N1. The van der Waals surface area contributed by atoms with E-state index in [0.717, 1.165) is 0 Å². The van der Waals surface area contributed by atoms with Gasteiger partial charge in [0.05, 0.1) is 7.11 Å². The molecular formula is C14H17ClN4O2. The lowest BCUT2D eigenvalue weighted by Gasteiger charge is -2.27. The van der Waals surface area contributed by atoms with Gasteiger partial charge in [-0.1, -0.05) is 32.4 Å². The van der Waals surface area contributed by atoms with Crippen LogP contribution in [0.4, 0.5) is 5.69 Å². The predicted molar refractivity (Wildman–Crippen MR) is 81.3 cm³/mol. The molecule has 1 aliphatic rings. The maximum atomic E-state index is 12.1. The minimum atomic E-state index is -0.530. The largest absolute Gasteiger partial charge is 0.494 e. The van der Waals surface area contributed by atoms with Crippen LogP contribution in [0.2, 0.25) is 5.02 Å². The molecule has 1 aromatic rings. The van der Waals surface area contributed by atoms with E-state index >= 15 is 0 Å². The number of nitrogens with zero attached hydrogens (tertiary/aromatic N) is 3. The first-order chi connectivity index (χ1) is 9.81. The van der Waals surface area contributed by atoms with Crippen LogP contribution in [-0.4, -0.2) is 25.0 Å². The highest BCUT2D eigenvalue weighted by molar-refractivity contribution is 6.30. The van der Waals surface area contributed by atoms with Gasteiger partial charge in [-0.25, -0.2) is 4.99 Å². The summed E-state index contributed by atoms with van der Waals surface area (Å²) in [5.74, 6) is 0.438.